The van der Waals surface area contributed by atoms with Gasteiger partial charge in [-0.3, -0.25) is 52.9 Å². The Balaban J connectivity index is 1.03. The molecule has 0 radical (unpaired) electrons. The van der Waals surface area contributed by atoms with Gasteiger partial charge in [-0.15, -0.1) is 0 Å². The van der Waals surface area contributed by atoms with E-state index in [1.807, 2.05) is 30.5 Å². The minimum Gasteiger partial charge on any atom is -0.481 e. The number of likely N-dealkylation sites (tertiary alicyclic amines) is 2. The molecule has 5 heterocycles. The number of rotatable bonds is 37. The largest absolute Gasteiger partial charge is 0.481 e. The Hall–Kier alpha value is -9.95. The number of carboxylic acids is 2. The molecule has 0 unspecified atom stereocenters. The molecule has 530 valence electrons. The number of aromatic amines is 3. The summed E-state index contributed by atoms with van der Waals surface area (Å²) in [5.41, 5.74) is 21.2. The van der Waals surface area contributed by atoms with Crippen LogP contribution in [0.4, 0.5) is 0 Å². The topological polar surface area (TPSA) is 470 Å². The number of benzene rings is 3. The molecule has 0 bridgehead atoms. The summed E-state index contributed by atoms with van der Waals surface area (Å²) in [7, 11) is 0. The third-order valence-electron chi connectivity index (χ3n) is 17.4. The number of fused-ring (bicyclic) bond motifs is 2. The van der Waals surface area contributed by atoms with Crippen molar-refractivity contribution < 1.29 is 63.0 Å². The molecule has 8 rings (SSSR count). The van der Waals surface area contributed by atoms with Gasteiger partial charge in [-0.05, 0) is 104 Å². The summed E-state index contributed by atoms with van der Waals surface area (Å²) in [6.07, 6.45) is 9.91. The number of H-pyrrole nitrogens is 3. The number of nitrogens with two attached hydrogens (primary N) is 3. The normalized spacial score (nSPS) is 16.8. The molecular weight excluding hydrogens is 1310 g/mol. The summed E-state index contributed by atoms with van der Waals surface area (Å²) in [5, 5.41) is 40.5. The van der Waals surface area contributed by atoms with Crippen molar-refractivity contribution >= 4 is 116 Å². The third-order valence-corrected chi connectivity index (χ3v) is 18.7. The first-order chi connectivity index (χ1) is 47.6. The zero-order valence-electron chi connectivity index (χ0n) is 55.0. The maximum absolute atomic E-state index is 15.5. The Labute approximate surface area is 579 Å². The minimum atomic E-state index is -1.84. The van der Waals surface area contributed by atoms with E-state index in [1.165, 1.54) is 45.8 Å². The molecule has 0 saturated carbocycles. The molecule has 99 heavy (non-hydrogen) atoms. The van der Waals surface area contributed by atoms with Gasteiger partial charge in [-0.2, -0.15) is 23.5 Å². The summed E-state index contributed by atoms with van der Waals surface area (Å²) in [6.45, 7) is 0.198. The summed E-state index contributed by atoms with van der Waals surface area (Å²) in [6, 6.07) is 9.68. The van der Waals surface area contributed by atoms with Crippen LogP contribution >= 0.6 is 23.5 Å². The Morgan fingerprint density at radius 1 is 0.566 bits per heavy atom. The first-order valence-electron chi connectivity index (χ1n) is 32.7. The molecule has 2 aliphatic heterocycles. The highest BCUT2D eigenvalue weighted by atomic mass is 32.2. The maximum atomic E-state index is 15.5. The monoisotopic (exact) mass is 1400 g/mol. The van der Waals surface area contributed by atoms with Gasteiger partial charge in [-0.25, -0.2) is 9.78 Å². The van der Waals surface area contributed by atoms with Gasteiger partial charge in [0, 0.05) is 91.4 Å². The van der Waals surface area contributed by atoms with Crippen LogP contribution in [0.1, 0.15) is 80.2 Å². The van der Waals surface area contributed by atoms with Gasteiger partial charge in [0.05, 0.1) is 18.8 Å². The highest BCUT2D eigenvalue weighted by Gasteiger charge is 2.44. The van der Waals surface area contributed by atoms with E-state index in [4.69, 9.17) is 17.2 Å². The molecule has 30 nitrogen and oxygen atoms in total. The molecule has 2 aliphatic rings. The Morgan fingerprint density at radius 2 is 1.06 bits per heavy atom. The fourth-order valence-corrected chi connectivity index (χ4v) is 13.2. The summed E-state index contributed by atoms with van der Waals surface area (Å²) in [5.74, 6) is -9.17. The number of carbonyl (C=O) groups is 11. The summed E-state index contributed by atoms with van der Waals surface area (Å²) in [4.78, 5) is 176. The average Bonchev–Trinajstić information content (AvgIpc) is 1.71. The quantitative estimate of drug-likeness (QED) is 0.0143. The number of amides is 9. The second-order valence-corrected chi connectivity index (χ2v) is 26.4. The number of hydrogen-bond acceptors (Lipinski definition) is 16. The lowest BCUT2D eigenvalue weighted by Crippen LogP contribution is -2.61. The van der Waals surface area contributed by atoms with Crippen molar-refractivity contribution in [2.75, 3.05) is 43.7 Å². The lowest BCUT2D eigenvalue weighted by atomic mass is 10.0. The predicted molar refractivity (Wildman–Crippen MR) is 373 cm³/mol. The number of aliphatic imine (C=N–C) groups is 1. The fraction of sp³-hybridized carbons (Fsp3) is 0.448. The Bertz CT molecular complexity index is 3830. The van der Waals surface area contributed by atoms with Crippen LogP contribution in [0.5, 0.6) is 0 Å². The van der Waals surface area contributed by atoms with Crippen molar-refractivity contribution in [1.29, 1.82) is 0 Å². The van der Waals surface area contributed by atoms with Crippen LogP contribution in [0.25, 0.3) is 21.8 Å². The summed E-state index contributed by atoms with van der Waals surface area (Å²) >= 11 is 2.84. The smallest absolute Gasteiger partial charge is 0.326 e. The highest BCUT2D eigenvalue weighted by Crippen LogP contribution is 2.27. The molecule has 32 heteroatoms. The zero-order chi connectivity index (χ0) is 71.1. The van der Waals surface area contributed by atoms with Crippen LogP contribution < -0.4 is 54.4 Å². The molecule has 3 aromatic heterocycles. The van der Waals surface area contributed by atoms with Crippen LogP contribution in [-0.2, 0) is 78.4 Å². The Morgan fingerprint density at radius 3 is 1.63 bits per heavy atom. The number of imidazole rings is 1. The average molecular weight is 1400 g/mol. The van der Waals surface area contributed by atoms with Gasteiger partial charge in [0.2, 0.25) is 53.2 Å². The second-order valence-electron chi connectivity index (χ2n) is 24.5. The number of thioether (sulfide) groups is 2. The molecule has 18 N–H and O–H groups in total. The predicted octanol–water partition coefficient (Wildman–Crippen LogP) is 0.465. The van der Waals surface area contributed by atoms with Crippen LogP contribution in [-0.4, -0.2) is 215 Å². The molecule has 10 atom stereocenters. The van der Waals surface area contributed by atoms with Gasteiger partial charge >= 0.3 is 11.9 Å². The van der Waals surface area contributed by atoms with E-state index in [1.54, 1.807) is 73.2 Å². The second kappa shape index (κ2) is 36.6. The van der Waals surface area contributed by atoms with Crippen LogP contribution in [0.2, 0.25) is 0 Å². The Kier molecular flexibility index (Phi) is 27.7. The van der Waals surface area contributed by atoms with E-state index in [0.29, 0.717) is 64.1 Å². The van der Waals surface area contributed by atoms with E-state index >= 15 is 14.4 Å². The zero-order valence-corrected chi connectivity index (χ0v) is 56.7. The number of carbonyl (C=O) groups excluding carboxylic acids is 9. The number of para-hydroxylation sites is 2. The molecular formula is C67H87N17O13S2. The number of nitrogens with zero attached hydrogens (tertiary/aromatic N) is 4. The summed E-state index contributed by atoms with van der Waals surface area (Å²) < 4.78 is 0. The first-order valence-corrected chi connectivity index (χ1v) is 35.5. The maximum Gasteiger partial charge on any atom is 0.326 e. The van der Waals surface area contributed by atoms with E-state index in [2.05, 4.69) is 62.1 Å². The molecule has 2 saturated heterocycles. The van der Waals surface area contributed by atoms with Crippen LogP contribution in [0.3, 0.4) is 0 Å². The third kappa shape index (κ3) is 21.0. The number of guanidine groups is 1. The fourth-order valence-electron chi connectivity index (χ4n) is 12.3. The van der Waals surface area contributed by atoms with Gasteiger partial charge < -0.3 is 89.4 Å². The first kappa shape index (κ1) is 74.8. The van der Waals surface area contributed by atoms with E-state index < -0.39 is 132 Å². The van der Waals surface area contributed by atoms with E-state index in [0.717, 1.165) is 10.9 Å². The molecule has 0 aliphatic carbocycles. The van der Waals surface area contributed by atoms with Gasteiger partial charge in [-0.1, -0.05) is 66.7 Å². The minimum absolute atomic E-state index is 0.000109. The van der Waals surface area contributed by atoms with Crippen molar-refractivity contribution in [2.45, 2.75) is 144 Å². The number of carboxylic acid groups (broad SMARTS) is 2. The van der Waals surface area contributed by atoms with Crippen molar-refractivity contribution in [3.05, 3.63) is 126 Å². The SMILES string of the molecule is CSCC[C@H](NC(=O)[C@H](CC(=O)O)NC(=O)[C@H](Cc1c[nH]c2ccccc12)NC(=O)[C@@H]1CCCN1C(=O)[C@H](Cc1c[nH]c2ccccc12)NC(=O)[C@@H]1CCCN1C(=O)[C@H](CCCN=C(N)N)NC(=O)[C@H](Cc1cnc[nH]1)NC(=O)[C@@H](N)CCSC)C(=O)N[C@@H](Cc1ccccc1)C(=O)O. The molecule has 3 aromatic carbocycles. The molecule has 9 amide bonds. The standard InChI is InChI=1S/C67H87N17O13S2/c1-98-27-22-44(68)57(87)78-50(32-41-36-71-37-75-41)60(90)77-48(19-10-24-72-67(69)70)64(94)83-25-11-21-55(83)63(93)81-52(31-40-35-74-46-18-9-7-16-43(40)46)65(95)84-26-12-20-54(84)62(92)80-49(30-39-34-73-45-17-8-6-15-42(39)45)59(89)79-51(33-56(85)86)61(91)76-47(23-28-99-2)58(88)82-53(66(96)97)29-38-13-4-3-5-14-38/h3-9,13-18,34-37,44,47-55,73-74H,10-12,19-33,68H2,1-2H3,(H,71,75)(H,76,91)(H,77,90)(H,78,87)(H,79,89)(H,80,92)(H,81,93)(H,82,88)(H,85,86)(H,96,97)(H4,69,70,72)/t44-,47-,48-,49-,50-,51-,52-,53-,54-,55-/m0/s1. The molecule has 0 spiro atoms. The highest BCUT2D eigenvalue weighted by molar-refractivity contribution is 7.98. The lowest BCUT2D eigenvalue weighted by molar-refractivity contribution is -0.145. The number of aromatic nitrogens is 4. The van der Waals surface area contributed by atoms with Crippen LogP contribution in [0.15, 0.2) is 109 Å². The van der Waals surface area contributed by atoms with Gasteiger partial charge in [0.25, 0.3) is 0 Å². The number of nitrogens with one attached hydrogen (secondary N) is 10. The lowest BCUT2D eigenvalue weighted by Gasteiger charge is -2.32. The van der Waals surface area contributed by atoms with Crippen molar-refractivity contribution in [3.8, 4) is 0 Å². The number of aliphatic carboxylic acids is 2. The van der Waals surface area contributed by atoms with Crippen LogP contribution in [0, 0.1) is 0 Å². The van der Waals surface area contributed by atoms with E-state index in [-0.39, 0.29) is 83.4 Å². The van der Waals surface area contributed by atoms with Crippen molar-refractivity contribution in [3.63, 3.8) is 0 Å². The van der Waals surface area contributed by atoms with Gasteiger partial charge in [0.15, 0.2) is 5.96 Å². The molecule has 6 aromatic rings. The van der Waals surface area contributed by atoms with Crippen molar-refractivity contribution in [2.24, 2.45) is 22.2 Å². The van der Waals surface area contributed by atoms with E-state index in [9.17, 15) is 48.6 Å². The number of hydrogen-bond donors (Lipinski definition) is 15. The van der Waals surface area contributed by atoms with Gasteiger partial charge in [0.1, 0.15) is 54.4 Å². The molecule has 2 fully saturated rings. The van der Waals surface area contributed by atoms with Crippen molar-refractivity contribution in [1.82, 2.24) is 67.0 Å².